The van der Waals surface area contributed by atoms with Crippen molar-refractivity contribution in [1.82, 2.24) is 8.61 Å². The number of benzene rings is 3. The molecule has 3 aromatic carbocycles. The Morgan fingerprint density at radius 1 is 0.613 bits per heavy atom. The molecular formula is C23H26N2O4S2. The van der Waals surface area contributed by atoms with Gasteiger partial charge >= 0.3 is 0 Å². The average Bonchev–Trinajstić information content (AvgIpc) is 2.78. The highest BCUT2D eigenvalue weighted by atomic mass is 32.2. The predicted molar refractivity (Wildman–Crippen MR) is 121 cm³/mol. The van der Waals surface area contributed by atoms with E-state index in [1.54, 1.807) is 0 Å². The fourth-order valence-electron chi connectivity index (χ4n) is 3.11. The molecule has 0 bridgehead atoms. The summed E-state index contributed by atoms with van der Waals surface area (Å²) in [5.41, 5.74) is 1.93. The van der Waals surface area contributed by atoms with E-state index in [4.69, 9.17) is 0 Å². The maximum absolute atomic E-state index is 13.4. The maximum atomic E-state index is 13.4. The Labute approximate surface area is 184 Å². The van der Waals surface area contributed by atoms with Gasteiger partial charge < -0.3 is 0 Å². The fourth-order valence-corrected chi connectivity index (χ4v) is 5.44. The Bertz CT molecular complexity index is 1190. The molecule has 8 heteroatoms. The Balaban J connectivity index is 1.90. The highest BCUT2D eigenvalue weighted by Gasteiger charge is 2.26. The van der Waals surface area contributed by atoms with Crippen LogP contribution in [0.4, 0.5) is 0 Å². The summed E-state index contributed by atoms with van der Waals surface area (Å²) in [5.74, 6) is 0. The molecule has 0 radical (unpaired) electrons. The molecule has 0 heterocycles. The highest BCUT2D eigenvalue weighted by Crippen LogP contribution is 2.22. The average molecular weight is 459 g/mol. The second-order valence-corrected chi connectivity index (χ2v) is 11.4. The van der Waals surface area contributed by atoms with Gasteiger partial charge in [-0.25, -0.2) is 21.1 Å². The van der Waals surface area contributed by atoms with Crippen molar-refractivity contribution in [2.45, 2.75) is 22.8 Å². The third kappa shape index (κ3) is 5.59. The van der Waals surface area contributed by atoms with Crippen LogP contribution in [0.5, 0.6) is 0 Å². The molecule has 0 atom stereocenters. The largest absolute Gasteiger partial charge is 0.243 e. The first kappa shape index (κ1) is 23.1. The zero-order chi connectivity index (χ0) is 22.5. The maximum Gasteiger partial charge on any atom is 0.243 e. The van der Waals surface area contributed by atoms with E-state index in [2.05, 4.69) is 0 Å². The molecule has 0 aliphatic rings. The van der Waals surface area contributed by atoms with Gasteiger partial charge in [-0.1, -0.05) is 60.7 Å². The lowest BCUT2D eigenvalue weighted by molar-refractivity contribution is 0.409. The van der Waals surface area contributed by atoms with Crippen LogP contribution in [0.1, 0.15) is 11.1 Å². The van der Waals surface area contributed by atoms with Crippen molar-refractivity contribution in [2.24, 2.45) is 0 Å². The fraction of sp³-hybridized carbons (Fsp3) is 0.217. The van der Waals surface area contributed by atoms with E-state index in [1.807, 2.05) is 60.7 Å². The van der Waals surface area contributed by atoms with Gasteiger partial charge in [-0.3, -0.25) is 0 Å². The molecule has 31 heavy (non-hydrogen) atoms. The number of hydrogen-bond acceptors (Lipinski definition) is 4. The normalized spacial score (nSPS) is 12.4. The van der Waals surface area contributed by atoms with Gasteiger partial charge in [0.15, 0.2) is 0 Å². The van der Waals surface area contributed by atoms with E-state index in [9.17, 15) is 16.8 Å². The molecule has 0 aromatic heterocycles. The Morgan fingerprint density at radius 3 is 1.55 bits per heavy atom. The van der Waals surface area contributed by atoms with Crippen LogP contribution in [0.25, 0.3) is 0 Å². The van der Waals surface area contributed by atoms with Crippen LogP contribution in [-0.4, -0.2) is 46.1 Å². The lowest BCUT2D eigenvalue weighted by Crippen LogP contribution is -2.32. The lowest BCUT2D eigenvalue weighted by Gasteiger charge is -2.23. The van der Waals surface area contributed by atoms with Crippen LogP contribution in [0.2, 0.25) is 0 Å². The summed E-state index contributed by atoms with van der Waals surface area (Å²) in [6.07, 6.45) is 0.569. The number of nitrogens with zero attached hydrogens (tertiary/aromatic N) is 2. The van der Waals surface area contributed by atoms with Crippen LogP contribution in [0.15, 0.2) is 94.7 Å². The third-order valence-corrected chi connectivity index (χ3v) is 8.62. The standard InChI is InChI=1S/C23H26N2O4S2/c1-24(2)30(26,27)22-13-15-23(16-14-22)31(28,29)25(19-21-11-7-4-8-12-21)18-17-20-9-5-3-6-10-20/h3-16H,17-19H2,1-2H3. The van der Waals surface area contributed by atoms with E-state index in [0.29, 0.717) is 13.0 Å². The van der Waals surface area contributed by atoms with E-state index in [-0.39, 0.29) is 16.3 Å². The molecule has 0 spiro atoms. The first-order chi connectivity index (χ1) is 14.7. The molecule has 0 amide bonds. The van der Waals surface area contributed by atoms with Gasteiger partial charge in [0, 0.05) is 27.2 Å². The molecule has 164 valence electrons. The second-order valence-electron chi connectivity index (χ2n) is 7.32. The lowest BCUT2D eigenvalue weighted by atomic mass is 10.1. The van der Waals surface area contributed by atoms with E-state index >= 15 is 0 Å². The molecule has 0 N–H and O–H groups in total. The van der Waals surface area contributed by atoms with E-state index < -0.39 is 20.0 Å². The van der Waals surface area contributed by atoms with Crippen LogP contribution < -0.4 is 0 Å². The van der Waals surface area contributed by atoms with E-state index in [1.165, 1.54) is 42.7 Å². The molecule has 0 aliphatic carbocycles. The van der Waals surface area contributed by atoms with Crippen molar-refractivity contribution in [3.8, 4) is 0 Å². The Hall–Kier alpha value is -2.52. The minimum atomic E-state index is -3.83. The molecule has 0 saturated heterocycles. The number of hydrogen-bond donors (Lipinski definition) is 0. The summed E-state index contributed by atoms with van der Waals surface area (Å²) < 4.78 is 54.0. The van der Waals surface area contributed by atoms with Gasteiger partial charge in [0.1, 0.15) is 0 Å². The van der Waals surface area contributed by atoms with Crippen molar-refractivity contribution in [3.63, 3.8) is 0 Å². The topological polar surface area (TPSA) is 74.8 Å². The molecule has 0 saturated carbocycles. The summed E-state index contributed by atoms with van der Waals surface area (Å²) in [4.78, 5) is 0.115. The smallest absolute Gasteiger partial charge is 0.207 e. The van der Waals surface area contributed by atoms with Crippen molar-refractivity contribution in [1.29, 1.82) is 0 Å². The van der Waals surface area contributed by atoms with Crippen LogP contribution in [-0.2, 0) is 33.0 Å². The zero-order valence-electron chi connectivity index (χ0n) is 17.5. The van der Waals surface area contributed by atoms with Crippen LogP contribution in [0.3, 0.4) is 0 Å². The van der Waals surface area contributed by atoms with Gasteiger partial charge in [-0.15, -0.1) is 0 Å². The summed E-state index contributed by atoms with van der Waals surface area (Å²) in [6, 6.07) is 24.5. The monoisotopic (exact) mass is 458 g/mol. The highest BCUT2D eigenvalue weighted by molar-refractivity contribution is 7.89. The van der Waals surface area contributed by atoms with Crippen LogP contribution >= 0.6 is 0 Å². The summed E-state index contributed by atoms with van der Waals surface area (Å²) >= 11 is 0. The summed E-state index contributed by atoms with van der Waals surface area (Å²) in [7, 11) is -4.58. The SMILES string of the molecule is CN(C)S(=O)(=O)c1ccc(S(=O)(=O)N(CCc2ccccc2)Cc2ccccc2)cc1. The van der Waals surface area contributed by atoms with Crippen molar-refractivity contribution < 1.29 is 16.8 Å². The Kier molecular flexibility index (Phi) is 7.27. The summed E-state index contributed by atoms with van der Waals surface area (Å²) in [5, 5.41) is 0. The number of rotatable bonds is 9. The van der Waals surface area contributed by atoms with Crippen LogP contribution in [0, 0.1) is 0 Å². The number of sulfonamides is 2. The minimum Gasteiger partial charge on any atom is -0.207 e. The molecule has 6 nitrogen and oxygen atoms in total. The first-order valence-electron chi connectivity index (χ1n) is 9.82. The van der Waals surface area contributed by atoms with Gasteiger partial charge in [0.25, 0.3) is 0 Å². The van der Waals surface area contributed by atoms with Gasteiger partial charge in [0.2, 0.25) is 20.0 Å². The van der Waals surface area contributed by atoms with Crippen molar-refractivity contribution in [2.75, 3.05) is 20.6 Å². The third-order valence-electron chi connectivity index (χ3n) is 4.93. The Morgan fingerprint density at radius 2 is 1.06 bits per heavy atom. The van der Waals surface area contributed by atoms with Gasteiger partial charge in [-0.2, -0.15) is 4.31 Å². The molecule has 0 aliphatic heterocycles. The predicted octanol–water partition coefficient (Wildman–Crippen LogP) is 3.37. The summed E-state index contributed by atoms with van der Waals surface area (Å²) in [6.45, 7) is 0.534. The van der Waals surface area contributed by atoms with E-state index in [0.717, 1.165) is 15.4 Å². The minimum absolute atomic E-state index is 0.0512. The first-order valence-corrected chi connectivity index (χ1v) is 12.7. The van der Waals surface area contributed by atoms with Crippen molar-refractivity contribution in [3.05, 3.63) is 96.1 Å². The molecule has 3 aromatic rings. The quantitative estimate of drug-likeness (QED) is 0.493. The molecular weight excluding hydrogens is 432 g/mol. The molecule has 3 rings (SSSR count). The molecule has 0 unspecified atom stereocenters. The van der Waals surface area contributed by atoms with Gasteiger partial charge in [0.05, 0.1) is 9.79 Å². The van der Waals surface area contributed by atoms with Gasteiger partial charge in [-0.05, 0) is 41.8 Å². The second kappa shape index (κ2) is 9.74. The van der Waals surface area contributed by atoms with Crippen molar-refractivity contribution >= 4 is 20.0 Å². The zero-order valence-corrected chi connectivity index (χ0v) is 19.2. The molecule has 0 fully saturated rings.